The van der Waals surface area contributed by atoms with Crippen LogP contribution in [0.25, 0.3) is 16.7 Å². The van der Waals surface area contributed by atoms with Crippen molar-refractivity contribution in [1.29, 1.82) is 0 Å². The Kier molecular flexibility index (Phi) is 4.20. The van der Waals surface area contributed by atoms with Gasteiger partial charge in [-0.1, -0.05) is 25.5 Å². The van der Waals surface area contributed by atoms with Crippen LogP contribution in [0.1, 0.15) is 36.8 Å². The topological polar surface area (TPSA) is 88.2 Å². The summed E-state index contributed by atoms with van der Waals surface area (Å²) in [7, 11) is 0. The van der Waals surface area contributed by atoms with Crippen molar-refractivity contribution in [3.8, 4) is 11.4 Å². The molecule has 24 heavy (non-hydrogen) atoms. The Morgan fingerprint density at radius 2 is 1.92 bits per heavy atom. The van der Waals surface area contributed by atoms with Gasteiger partial charge in [-0.15, -0.1) is 15.0 Å². The highest BCUT2D eigenvalue weighted by atomic mass is 16.4. The second kappa shape index (κ2) is 6.31. The van der Waals surface area contributed by atoms with Crippen LogP contribution in [0.5, 0.6) is 5.75 Å². The van der Waals surface area contributed by atoms with E-state index in [4.69, 9.17) is 0 Å². The SMILES string of the molecule is CCCC(C(=O)O)c1ccc2nn(-c3cc(C)ccc3O)nc2c1. The number of phenols is 1. The second-order valence-electron chi connectivity index (χ2n) is 5.91. The van der Waals surface area contributed by atoms with E-state index in [1.807, 2.05) is 19.9 Å². The summed E-state index contributed by atoms with van der Waals surface area (Å²) in [4.78, 5) is 12.8. The van der Waals surface area contributed by atoms with Crippen molar-refractivity contribution in [1.82, 2.24) is 15.0 Å². The van der Waals surface area contributed by atoms with Gasteiger partial charge in [-0.3, -0.25) is 4.79 Å². The molecule has 0 bridgehead atoms. The van der Waals surface area contributed by atoms with Crippen molar-refractivity contribution >= 4 is 17.0 Å². The second-order valence-corrected chi connectivity index (χ2v) is 5.91. The van der Waals surface area contributed by atoms with Gasteiger partial charge in [0.25, 0.3) is 0 Å². The fraction of sp³-hybridized carbons (Fsp3) is 0.278. The van der Waals surface area contributed by atoms with Crippen LogP contribution in [0, 0.1) is 6.92 Å². The Bertz CT molecular complexity index is 902. The van der Waals surface area contributed by atoms with Crippen LogP contribution in [0.15, 0.2) is 36.4 Å². The smallest absolute Gasteiger partial charge is 0.310 e. The number of nitrogens with zero attached hydrogens (tertiary/aromatic N) is 3. The molecule has 0 radical (unpaired) electrons. The minimum Gasteiger partial charge on any atom is -0.506 e. The fourth-order valence-electron chi connectivity index (χ4n) is 2.77. The molecule has 6 heteroatoms. The highest BCUT2D eigenvalue weighted by molar-refractivity contribution is 5.80. The molecule has 0 aliphatic heterocycles. The van der Waals surface area contributed by atoms with Crippen molar-refractivity contribution in [2.24, 2.45) is 0 Å². The first-order valence-electron chi connectivity index (χ1n) is 7.89. The van der Waals surface area contributed by atoms with Crippen molar-refractivity contribution < 1.29 is 15.0 Å². The summed E-state index contributed by atoms with van der Waals surface area (Å²) in [6.45, 7) is 3.89. The molecule has 1 atom stereocenters. The Balaban J connectivity index is 2.06. The maximum Gasteiger partial charge on any atom is 0.310 e. The van der Waals surface area contributed by atoms with Gasteiger partial charge in [-0.25, -0.2) is 0 Å². The zero-order chi connectivity index (χ0) is 17.3. The number of hydrogen-bond donors (Lipinski definition) is 2. The van der Waals surface area contributed by atoms with Crippen LogP contribution in [0.4, 0.5) is 0 Å². The number of benzene rings is 2. The lowest BCUT2D eigenvalue weighted by Gasteiger charge is -2.10. The monoisotopic (exact) mass is 325 g/mol. The Hall–Kier alpha value is -2.89. The molecule has 1 aromatic heterocycles. The number of rotatable bonds is 5. The molecule has 0 saturated heterocycles. The van der Waals surface area contributed by atoms with Gasteiger partial charge < -0.3 is 10.2 Å². The average Bonchev–Trinajstić information content (AvgIpc) is 2.97. The Morgan fingerprint density at radius 1 is 1.17 bits per heavy atom. The zero-order valence-corrected chi connectivity index (χ0v) is 13.6. The van der Waals surface area contributed by atoms with Crippen molar-refractivity contribution in [2.45, 2.75) is 32.6 Å². The molecule has 2 N–H and O–H groups in total. The van der Waals surface area contributed by atoms with Gasteiger partial charge in [0.05, 0.1) is 5.92 Å². The van der Waals surface area contributed by atoms with E-state index >= 15 is 0 Å². The normalized spacial score (nSPS) is 12.4. The fourth-order valence-corrected chi connectivity index (χ4v) is 2.77. The van der Waals surface area contributed by atoms with Crippen LogP contribution < -0.4 is 0 Å². The van der Waals surface area contributed by atoms with Crippen LogP contribution in [-0.2, 0) is 4.79 Å². The summed E-state index contributed by atoms with van der Waals surface area (Å²) in [5.74, 6) is -1.28. The Labute approximate surface area is 139 Å². The first-order chi connectivity index (χ1) is 11.5. The van der Waals surface area contributed by atoms with Crippen LogP contribution in [0.3, 0.4) is 0 Å². The predicted octanol–water partition coefficient (Wildman–Crippen LogP) is 3.40. The van der Waals surface area contributed by atoms with Crippen LogP contribution in [0.2, 0.25) is 0 Å². The van der Waals surface area contributed by atoms with Gasteiger partial charge in [-0.2, -0.15) is 0 Å². The molecule has 0 saturated carbocycles. The molecule has 6 nitrogen and oxygen atoms in total. The molecule has 0 aliphatic rings. The van der Waals surface area contributed by atoms with E-state index in [0.29, 0.717) is 23.1 Å². The third-order valence-corrected chi connectivity index (χ3v) is 4.03. The molecule has 0 fully saturated rings. The molecule has 2 aromatic carbocycles. The molecule has 0 spiro atoms. The lowest BCUT2D eigenvalue weighted by molar-refractivity contribution is -0.139. The number of phenolic OH excluding ortho intramolecular Hbond substituents is 1. The summed E-state index contributed by atoms with van der Waals surface area (Å²) in [6, 6.07) is 10.5. The molecular weight excluding hydrogens is 306 g/mol. The van der Waals surface area contributed by atoms with Crippen LogP contribution in [-0.4, -0.2) is 31.2 Å². The van der Waals surface area contributed by atoms with Crippen LogP contribution >= 0.6 is 0 Å². The molecule has 3 rings (SSSR count). The molecule has 0 amide bonds. The maximum atomic E-state index is 11.5. The minimum absolute atomic E-state index is 0.0931. The van der Waals surface area contributed by atoms with Gasteiger partial charge in [0, 0.05) is 0 Å². The Morgan fingerprint density at radius 3 is 2.62 bits per heavy atom. The number of aliphatic carboxylic acids is 1. The first-order valence-corrected chi connectivity index (χ1v) is 7.89. The number of carboxylic acids is 1. The van der Waals surface area contributed by atoms with E-state index in [1.54, 1.807) is 30.3 Å². The van der Waals surface area contributed by atoms with Gasteiger partial charge >= 0.3 is 5.97 Å². The average molecular weight is 325 g/mol. The highest BCUT2D eigenvalue weighted by Crippen LogP contribution is 2.26. The molecule has 1 heterocycles. The molecule has 1 unspecified atom stereocenters. The lowest BCUT2D eigenvalue weighted by Crippen LogP contribution is -2.11. The first kappa shape index (κ1) is 16.0. The summed E-state index contributed by atoms with van der Waals surface area (Å²) < 4.78 is 0. The number of aromatic nitrogens is 3. The summed E-state index contributed by atoms with van der Waals surface area (Å²) in [6.07, 6.45) is 1.37. The van der Waals surface area contributed by atoms with E-state index in [1.165, 1.54) is 4.80 Å². The summed E-state index contributed by atoms with van der Waals surface area (Å²) in [5, 5.41) is 28.2. The standard InChI is InChI=1S/C18H19N3O3/c1-3-4-13(18(23)24)12-6-7-14-15(10-12)20-21(19-14)16-9-11(2)5-8-17(16)22/h5-10,13,22H,3-4H2,1-2H3,(H,23,24). The van der Waals surface area contributed by atoms with Crippen molar-refractivity contribution in [3.05, 3.63) is 47.5 Å². The van der Waals surface area contributed by atoms with Gasteiger partial charge in [0.1, 0.15) is 22.5 Å². The molecule has 124 valence electrons. The number of hydrogen-bond acceptors (Lipinski definition) is 4. The van der Waals surface area contributed by atoms with E-state index < -0.39 is 11.9 Å². The molecule has 3 aromatic rings. The number of carboxylic acid groups (broad SMARTS) is 1. The van der Waals surface area contributed by atoms with Gasteiger partial charge in [-0.05, 0) is 48.7 Å². The third kappa shape index (κ3) is 2.95. The quantitative estimate of drug-likeness (QED) is 0.750. The minimum atomic E-state index is -0.833. The highest BCUT2D eigenvalue weighted by Gasteiger charge is 2.20. The van der Waals surface area contributed by atoms with Gasteiger partial charge in [0.15, 0.2) is 0 Å². The predicted molar refractivity (Wildman–Crippen MR) is 90.6 cm³/mol. The van der Waals surface area contributed by atoms with Gasteiger partial charge in [0.2, 0.25) is 0 Å². The van der Waals surface area contributed by atoms with E-state index in [-0.39, 0.29) is 5.75 Å². The van der Waals surface area contributed by atoms with Crippen molar-refractivity contribution in [3.63, 3.8) is 0 Å². The largest absolute Gasteiger partial charge is 0.506 e. The summed E-state index contributed by atoms with van der Waals surface area (Å²) >= 11 is 0. The van der Waals surface area contributed by atoms with E-state index in [2.05, 4.69) is 10.2 Å². The molecular formula is C18H19N3O3. The summed E-state index contributed by atoms with van der Waals surface area (Å²) in [5.41, 5.74) is 3.46. The third-order valence-electron chi connectivity index (χ3n) is 4.03. The number of aryl methyl sites for hydroxylation is 1. The molecule has 0 aliphatic carbocycles. The lowest BCUT2D eigenvalue weighted by atomic mass is 9.94. The number of aromatic hydroxyl groups is 1. The zero-order valence-electron chi connectivity index (χ0n) is 13.6. The van der Waals surface area contributed by atoms with E-state index in [0.717, 1.165) is 17.5 Å². The maximum absolute atomic E-state index is 11.5. The number of carbonyl (C=O) groups is 1. The number of fused-ring (bicyclic) bond motifs is 1. The van der Waals surface area contributed by atoms with E-state index in [9.17, 15) is 15.0 Å². The van der Waals surface area contributed by atoms with Crippen molar-refractivity contribution in [2.75, 3.05) is 0 Å².